The van der Waals surface area contributed by atoms with Gasteiger partial charge >= 0.3 is 0 Å². The minimum absolute atomic E-state index is 0.0755. The molecule has 2 heterocycles. The Bertz CT molecular complexity index is 514. The van der Waals surface area contributed by atoms with Crippen LogP contribution < -0.4 is 10.6 Å². The molecule has 1 atom stereocenters. The van der Waals surface area contributed by atoms with Crippen LogP contribution in [0.25, 0.3) is 5.95 Å². The fourth-order valence-electron chi connectivity index (χ4n) is 1.37. The van der Waals surface area contributed by atoms with E-state index >= 15 is 0 Å². The lowest BCUT2D eigenvalue weighted by Crippen LogP contribution is -2.20. The molecular formula is C11H17N7O. The van der Waals surface area contributed by atoms with Gasteiger partial charge in [0.1, 0.15) is 6.33 Å². The molecule has 2 aromatic heterocycles. The van der Waals surface area contributed by atoms with Crippen LogP contribution in [0.15, 0.2) is 18.7 Å². The third-order valence-corrected chi connectivity index (χ3v) is 2.53. The Morgan fingerprint density at radius 1 is 1.32 bits per heavy atom. The molecule has 1 unspecified atom stereocenters. The molecule has 19 heavy (non-hydrogen) atoms. The second-order valence-electron chi connectivity index (χ2n) is 3.93. The summed E-state index contributed by atoms with van der Waals surface area (Å²) >= 11 is 0. The van der Waals surface area contributed by atoms with E-state index in [1.54, 1.807) is 37.4 Å². The van der Waals surface area contributed by atoms with Crippen molar-refractivity contribution in [2.45, 2.75) is 13.0 Å². The molecule has 0 bridgehead atoms. The molecule has 0 fully saturated rings. The highest BCUT2D eigenvalue weighted by molar-refractivity contribution is 5.37. The maximum atomic E-state index is 5.17. The smallest absolute Gasteiger partial charge is 0.241 e. The van der Waals surface area contributed by atoms with Crippen LogP contribution in [0.4, 0.5) is 11.9 Å². The first kappa shape index (κ1) is 13.2. The van der Waals surface area contributed by atoms with Crippen molar-refractivity contribution in [1.29, 1.82) is 0 Å². The van der Waals surface area contributed by atoms with Crippen molar-refractivity contribution in [3.8, 4) is 5.95 Å². The zero-order chi connectivity index (χ0) is 13.7. The summed E-state index contributed by atoms with van der Waals surface area (Å²) in [7, 11) is 3.42. The maximum absolute atomic E-state index is 5.17. The number of nitrogens with one attached hydrogen (secondary N) is 2. The normalized spacial score (nSPS) is 12.2. The number of anilines is 2. The van der Waals surface area contributed by atoms with Crippen molar-refractivity contribution in [2.24, 2.45) is 0 Å². The van der Waals surface area contributed by atoms with Crippen LogP contribution in [-0.4, -0.2) is 51.3 Å². The predicted molar refractivity (Wildman–Crippen MR) is 71.5 cm³/mol. The van der Waals surface area contributed by atoms with Gasteiger partial charge in [-0.3, -0.25) is 4.57 Å². The summed E-state index contributed by atoms with van der Waals surface area (Å²) < 4.78 is 6.88. The Morgan fingerprint density at radius 2 is 2.11 bits per heavy atom. The van der Waals surface area contributed by atoms with Gasteiger partial charge in [0.15, 0.2) is 0 Å². The number of rotatable bonds is 6. The van der Waals surface area contributed by atoms with Gasteiger partial charge in [-0.1, -0.05) is 0 Å². The molecule has 0 aromatic carbocycles. The lowest BCUT2D eigenvalue weighted by Gasteiger charge is -2.12. The molecule has 0 radical (unpaired) electrons. The van der Waals surface area contributed by atoms with Crippen molar-refractivity contribution in [3.63, 3.8) is 0 Å². The van der Waals surface area contributed by atoms with Crippen molar-refractivity contribution < 1.29 is 4.74 Å². The van der Waals surface area contributed by atoms with E-state index in [9.17, 15) is 0 Å². The summed E-state index contributed by atoms with van der Waals surface area (Å²) in [6.45, 7) is 2.58. The van der Waals surface area contributed by atoms with E-state index in [0.29, 0.717) is 24.4 Å². The van der Waals surface area contributed by atoms with Crippen LogP contribution in [0.1, 0.15) is 6.92 Å². The first-order valence-corrected chi connectivity index (χ1v) is 5.91. The molecule has 102 valence electrons. The van der Waals surface area contributed by atoms with Crippen molar-refractivity contribution in [3.05, 3.63) is 18.7 Å². The monoisotopic (exact) mass is 263 g/mol. The van der Waals surface area contributed by atoms with Gasteiger partial charge in [-0.05, 0) is 6.92 Å². The number of methoxy groups -OCH3 is 1. The van der Waals surface area contributed by atoms with Gasteiger partial charge in [-0.25, -0.2) is 4.98 Å². The molecule has 8 nitrogen and oxygen atoms in total. The predicted octanol–water partition coefficient (Wildman–Crippen LogP) is 0.546. The number of imidazole rings is 1. The molecular weight excluding hydrogens is 246 g/mol. The quantitative estimate of drug-likeness (QED) is 0.786. The average molecular weight is 263 g/mol. The minimum Gasteiger partial charge on any atom is -0.380 e. The third kappa shape index (κ3) is 3.38. The van der Waals surface area contributed by atoms with Gasteiger partial charge in [-0.2, -0.15) is 15.0 Å². The van der Waals surface area contributed by atoms with E-state index in [4.69, 9.17) is 4.74 Å². The molecule has 0 saturated heterocycles. The maximum Gasteiger partial charge on any atom is 0.241 e. The Labute approximate surface area is 111 Å². The molecule has 2 rings (SSSR count). The Hall–Kier alpha value is -2.22. The Morgan fingerprint density at radius 3 is 2.74 bits per heavy atom. The van der Waals surface area contributed by atoms with Crippen LogP contribution in [0, 0.1) is 0 Å². The van der Waals surface area contributed by atoms with Crippen LogP contribution >= 0.6 is 0 Å². The highest BCUT2D eigenvalue weighted by Gasteiger charge is 2.08. The molecule has 0 aliphatic carbocycles. The number of hydrogen-bond donors (Lipinski definition) is 2. The number of ether oxygens (including phenoxy) is 1. The fourth-order valence-corrected chi connectivity index (χ4v) is 1.37. The molecule has 0 aliphatic heterocycles. The fraction of sp³-hybridized carbons (Fsp3) is 0.455. The third-order valence-electron chi connectivity index (χ3n) is 2.53. The summed E-state index contributed by atoms with van der Waals surface area (Å²) in [6.07, 6.45) is 5.15. The summed E-state index contributed by atoms with van der Waals surface area (Å²) in [5.74, 6) is 1.49. The van der Waals surface area contributed by atoms with Crippen LogP contribution in [0.5, 0.6) is 0 Å². The number of nitrogens with zero attached hydrogens (tertiary/aromatic N) is 5. The molecule has 2 aromatic rings. The van der Waals surface area contributed by atoms with E-state index in [-0.39, 0.29) is 6.10 Å². The van der Waals surface area contributed by atoms with Crippen molar-refractivity contribution in [1.82, 2.24) is 24.5 Å². The summed E-state index contributed by atoms with van der Waals surface area (Å²) in [6, 6.07) is 0. The topological polar surface area (TPSA) is 89.8 Å². The largest absolute Gasteiger partial charge is 0.380 e. The molecule has 0 spiro atoms. The first-order valence-electron chi connectivity index (χ1n) is 5.91. The molecule has 0 amide bonds. The van der Waals surface area contributed by atoms with Gasteiger partial charge in [0.25, 0.3) is 0 Å². The summed E-state index contributed by atoms with van der Waals surface area (Å²) in [5, 5.41) is 6.02. The van der Waals surface area contributed by atoms with E-state index in [1.165, 1.54) is 0 Å². The minimum atomic E-state index is 0.0755. The highest BCUT2D eigenvalue weighted by atomic mass is 16.5. The number of hydrogen-bond acceptors (Lipinski definition) is 7. The van der Waals surface area contributed by atoms with Gasteiger partial charge in [0.2, 0.25) is 17.8 Å². The molecule has 0 saturated carbocycles. The van der Waals surface area contributed by atoms with Gasteiger partial charge in [0, 0.05) is 33.1 Å². The zero-order valence-electron chi connectivity index (χ0n) is 11.2. The van der Waals surface area contributed by atoms with Crippen LogP contribution in [0.3, 0.4) is 0 Å². The zero-order valence-corrected chi connectivity index (χ0v) is 11.2. The van der Waals surface area contributed by atoms with Crippen LogP contribution in [-0.2, 0) is 4.74 Å². The van der Waals surface area contributed by atoms with Crippen molar-refractivity contribution in [2.75, 3.05) is 31.3 Å². The van der Waals surface area contributed by atoms with E-state index in [1.807, 2.05) is 6.92 Å². The molecule has 2 N–H and O–H groups in total. The standard InChI is InChI=1S/C11H17N7O/c1-8(19-3)6-14-10-15-9(12-2)16-11(17-10)18-5-4-13-7-18/h4-5,7-8H,6H2,1-3H3,(H2,12,14,15,16,17). The Balaban J connectivity index is 2.21. The second-order valence-corrected chi connectivity index (χ2v) is 3.93. The summed E-state index contributed by atoms with van der Waals surface area (Å²) in [5.41, 5.74) is 0. The van der Waals surface area contributed by atoms with E-state index in [0.717, 1.165) is 0 Å². The number of aromatic nitrogens is 5. The van der Waals surface area contributed by atoms with Crippen LogP contribution in [0.2, 0.25) is 0 Å². The molecule has 8 heteroatoms. The Kier molecular flexibility index (Phi) is 4.24. The SMILES string of the molecule is CNc1nc(NCC(C)OC)nc(-n2ccnc2)n1. The average Bonchev–Trinajstić information content (AvgIpc) is 2.98. The van der Waals surface area contributed by atoms with Crippen molar-refractivity contribution >= 4 is 11.9 Å². The van der Waals surface area contributed by atoms with Gasteiger partial charge in [-0.15, -0.1) is 0 Å². The van der Waals surface area contributed by atoms with E-state index in [2.05, 4.69) is 30.6 Å². The molecule has 0 aliphatic rings. The van der Waals surface area contributed by atoms with Gasteiger partial charge < -0.3 is 15.4 Å². The first-order chi connectivity index (χ1) is 9.22. The lowest BCUT2D eigenvalue weighted by molar-refractivity contribution is 0.128. The second kappa shape index (κ2) is 6.10. The van der Waals surface area contributed by atoms with Gasteiger partial charge in [0.05, 0.1) is 6.10 Å². The summed E-state index contributed by atoms with van der Waals surface area (Å²) in [4.78, 5) is 16.8. The highest BCUT2D eigenvalue weighted by Crippen LogP contribution is 2.08. The lowest BCUT2D eigenvalue weighted by atomic mass is 10.4. The van der Waals surface area contributed by atoms with E-state index < -0.39 is 0 Å².